The van der Waals surface area contributed by atoms with E-state index in [0.717, 1.165) is 5.57 Å². The van der Waals surface area contributed by atoms with Gasteiger partial charge >= 0.3 is 0 Å². The van der Waals surface area contributed by atoms with E-state index in [0.29, 0.717) is 18.1 Å². The summed E-state index contributed by atoms with van der Waals surface area (Å²) in [6.07, 6.45) is 3.08. The minimum Gasteiger partial charge on any atom is -0.299 e. The van der Waals surface area contributed by atoms with Crippen molar-refractivity contribution in [3.8, 4) is 0 Å². The molecule has 1 saturated carbocycles. The van der Waals surface area contributed by atoms with Crippen LogP contribution in [0.2, 0.25) is 0 Å². The van der Waals surface area contributed by atoms with Crippen LogP contribution in [0.15, 0.2) is 12.2 Å². The zero-order chi connectivity index (χ0) is 9.35. The molecule has 0 heterocycles. The van der Waals surface area contributed by atoms with Gasteiger partial charge in [-0.2, -0.15) is 0 Å². The molecule has 0 radical (unpaired) electrons. The monoisotopic (exact) mass is 166 g/mol. The number of carbonyl (C=O) groups is 1. The van der Waals surface area contributed by atoms with E-state index in [4.69, 9.17) is 0 Å². The summed E-state index contributed by atoms with van der Waals surface area (Å²) in [5.41, 5.74) is 0.951. The van der Waals surface area contributed by atoms with Gasteiger partial charge in [0, 0.05) is 11.8 Å². The van der Waals surface area contributed by atoms with Gasteiger partial charge in [0.2, 0.25) is 0 Å². The normalized spacial score (nSPS) is 17.6. The third-order valence-corrected chi connectivity index (χ3v) is 2.38. The summed E-state index contributed by atoms with van der Waals surface area (Å²) in [4.78, 5) is 11.5. The lowest BCUT2D eigenvalue weighted by Crippen LogP contribution is -2.20. The molecule has 0 aromatic rings. The minimum absolute atomic E-state index is 0.197. The van der Waals surface area contributed by atoms with Crippen molar-refractivity contribution in [3.05, 3.63) is 12.2 Å². The predicted molar refractivity (Wildman–Crippen MR) is 50.9 cm³/mol. The molecule has 12 heavy (non-hydrogen) atoms. The van der Waals surface area contributed by atoms with Gasteiger partial charge in [-0.15, -0.1) is 0 Å². The highest BCUT2D eigenvalue weighted by Crippen LogP contribution is 2.38. The summed E-state index contributed by atoms with van der Waals surface area (Å²) in [6.45, 7) is 9.85. The van der Waals surface area contributed by atoms with E-state index in [9.17, 15) is 4.79 Å². The van der Waals surface area contributed by atoms with Gasteiger partial charge in [0.15, 0.2) is 0 Å². The number of allylic oxidation sites excluding steroid dienone is 1. The van der Waals surface area contributed by atoms with E-state index in [1.165, 1.54) is 12.8 Å². The average molecular weight is 166 g/mol. The van der Waals surface area contributed by atoms with E-state index in [1.807, 2.05) is 20.8 Å². The first kappa shape index (κ1) is 9.50. The highest BCUT2D eigenvalue weighted by atomic mass is 16.1. The lowest BCUT2D eigenvalue weighted by Gasteiger charge is -2.17. The van der Waals surface area contributed by atoms with Crippen LogP contribution >= 0.6 is 0 Å². The second-order valence-electron chi connectivity index (χ2n) is 4.78. The maximum atomic E-state index is 11.5. The molecule has 1 fully saturated rings. The molecule has 0 bridgehead atoms. The lowest BCUT2D eigenvalue weighted by molar-refractivity contribution is -0.125. The molecule has 68 valence electrons. The van der Waals surface area contributed by atoms with Crippen molar-refractivity contribution in [1.82, 2.24) is 0 Å². The molecule has 0 atom stereocenters. The molecule has 1 nitrogen and oxygen atoms in total. The van der Waals surface area contributed by atoms with Crippen LogP contribution in [-0.2, 0) is 4.79 Å². The Morgan fingerprint density at radius 2 is 1.92 bits per heavy atom. The second-order valence-corrected chi connectivity index (χ2v) is 4.78. The fraction of sp³-hybridized carbons (Fsp3) is 0.727. The molecule has 1 heteroatoms. The molecule has 0 aromatic carbocycles. The predicted octanol–water partition coefficient (Wildman–Crippen LogP) is 2.96. The van der Waals surface area contributed by atoms with Crippen LogP contribution in [0.5, 0.6) is 0 Å². The maximum absolute atomic E-state index is 11.5. The van der Waals surface area contributed by atoms with E-state index in [-0.39, 0.29) is 5.41 Å². The Morgan fingerprint density at radius 3 is 2.25 bits per heavy atom. The molecule has 1 aliphatic rings. The van der Waals surface area contributed by atoms with Crippen molar-refractivity contribution in [1.29, 1.82) is 0 Å². The van der Waals surface area contributed by atoms with E-state index in [2.05, 4.69) is 6.58 Å². The molecular weight excluding hydrogens is 148 g/mol. The van der Waals surface area contributed by atoms with Crippen LogP contribution in [0.1, 0.15) is 40.0 Å². The van der Waals surface area contributed by atoms with Crippen molar-refractivity contribution < 1.29 is 4.79 Å². The van der Waals surface area contributed by atoms with Crippen molar-refractivity contribution in [3.63, 3.8) is 0 Å². The molecule has 0 spiro atoms. The van der Waals surface area contributed by atoms with Gasteiger partial charge in [0.25, 0.3) is 0 Å². The van der Waals surface area contributed by atoms with Crippen molar-refractivity contribution in [2.24, 2.45) is 11.3 Å². The van der Waals surface area contributed by atoms with Crippen molar-refractivity contribution in [2.45, 2.75) is 40.0 Å². The van der Waals surface area contributed by atoms with Crippen LogP contribution in [0.3, 0.4) is 0 Å². The van der Waals surface area contributed by atoms with Gasteiger partial charge in [-0.1, -0.05) is 32.9 Å². The zero-order valence-corrected chi connectivity index (χ0v) is 8.31. The summed E-state index contributed by atoms with van der Waals surface area (Å²) in [5, 5.41) is 0. The minimum atomic E-state index is -0.197. The Bertz CT molecular complexity index is 204. The molecule has 0 unspecified atom stereocenters. The Labute approximate surface area is 74.9 Å². The quantitative estimate of drug-likeness (QED) is 0.589. The average Bonchev–Trinajstić information content (AvgIpc) is 2.65. The van der Waals surface area contributed by atoms with Crippen LogP contribution in [-0.4, -0.2) is 5.78 Å². The second kappa shape index (κ2) is 3.04. The standard InChI is InChI=1S/C11H18O/c1-8(9-5-6-9)7-10(12)11(2,3)4/h9H,1,5-7H2,2-4H3. The van der Waals surface area contributed by atoms with Gasteiger partial charge in [0.1, 0.15) is 5.78 Å². The van der Waals surface area contributed by atoms with E-state index in [1.54, 1.807) is 0 Å². The van der Waals surface area contributed by atoms with Crippen LogP contribution < -0.4 is 0 Å². The summed E-state index contributed by atoms with van der Waals surface area (Å²) < 4.78 is 0. The largest absolute Gasteiger partial charge is 0.299 e. The topological polar surface area (TPSA) is 17.1 Å². The van der Waals surface area contributed by atoms with Gasteiger partial charge in [0.05, 0.1) is 0 Å². The van der Waals surface area contributed by atoms with Gasteiger partial charge in [-0.05, 0) is 18.8 Å². The van der Waals surface area contributed by atoms with Crippen molar-refractivity contribution in [2.75, 3.05) is 0 Å². The number of hydrogen-bond acceptors (Lipinski definition) is 1. The Balaban J connectivity index is 2.40. The fourth-order valence-electron chi connectivity index (χ4n) is 1.11. The number of ketones is 1. The van der Waals surface area contributed by atoms with Gasteiger partial charge < -0.3 is 0 Å². The summed E-state index contributed by atoms with van der Waals surface area (Å²) in [5.74, 6) is 0.982. The first-order chi connectivity index (χ1) is 5.41. The molecule has 1 aliphatic carbocycles. The van der Waals surface area contributed by atoms with E-state index < -0.39 is 0 Å². The SMILES string of the molecule is C=C(CC(=O)C(C)(C)C)C1CC1. The van der Waals surface area contributed by atoms with Crippen molar-refractivity contribution >= 4 is 5.78 Å². The number of carbonyl (C=O) groups excluding carboxylic acids is 1. The lowest BCUT2D eigenvalue weighted by atomic mass is 9.86. The van der Waals surface area contributed by atoms with E-state index >= 15 is 0 Å². The molecule has 0 aromatic heterocycles. The molecule has 0 N–H and O–H groups in total. The molecule has 0 amide bonds. The summed E-state index contributed by atoms with van der Waals surface area (Å²) in [6, 6.07) is 0. The van der Waals surface area contributed by atoms with Crippen LogP contribution in [0.4, 0.5) is 0 Å². The Hall–Kier alpha value is -0.590. The third kappa shape index (κ3) is 2.47. The third-order valence-electron chi connectivity index (χ3n) is 2.38. The highest BCUT2D eigenvalue weighted by Gasteiger charge is 2.28. The molecular formula is C11H18O. The fourth-order valence-corrected chi connectivity index (χ4v) is 1.11. The number of rotatable bonds is 3. The first-order valence-electron chi connectivity index (χ1n) is 4.62. The highest BCUT2D eigenvalue weighted by molar-refractivity contribution is 5.85. The zero-order valence-electron chi connectivity index (χ0n) is 8.31. The Morgan fingerprint density at radius 1 is 1.42 bits per heavy atom. The molecule has 0 aliphatic heterocycles. The Kier molecular flexibility index (Phi) is 2.41. The number of Topliss-reactive ketones (excluding diaryl/α,β-unsaturated/α-hetero) is 1. The van der Waals surface area contributed by atoms with Crippen LogP contribution in [0, 0.1) is 11.3 Å². The summed E-state index contributed by atoms with van der Waals surface area (Å²) in [7, 11) is 0. The van der Waals surface area contributed by atoms with Crippen LogP contribution in [0.25, 0.3) is 0 Å². The van der Waals surface area contributed by atoms with Gasteiger partial charge in [-0.3, -0.25) is 4.79 Å². The maximum Gasteiger partial charge on any atom is 0.142 e. The number of hydrogen-bond donors (Lipinski definition) is 0. The molecule has 1 rings (SSSR count). The molecule has 0 saturated heterocycles. The smallest absolute Gasteiger partial charge is 0.142 e. The van der Waals surface area contributed by atoms with Gasteiger partial charge in [-0.25, -0.2) is 0 Å². The first-order valence-corrected chi connectivity index (χ1v) is 4.62. The summed E-state index contributed by atoms with van der Waals surface area (Å²) >= 11 is 0.